The van der Waals surface area contributed by atoms with Gasteiger partial charge in [0, 0.05) is 23.6 Å². The molecule has 0 radical (unpaired) electrons. The molecule has 0 atom stereocenters. The first-order valence-corrected chi connectivity index (χ1v) is 10.1. The van der Waals surface area contributed by atoms with Gasteiger partial charge in [0.05, 0.1) is 13.5 Å². The van der Waals surface area contributed by atoms with Crippen LogP contribution in [-0.2, 0) is 17.6 Å². The lowest BCUT2D eigenvalue weighted by molar-refractivity contribution is -0.120. The first-order chi connectivity index (χ1) is 14.5. The van der Waals surface area contributed by atoms with Crippen molar-refractivity contribution >= 4 is 17.5 Å². The summed E-state index contributed by atoms with van der Waals surface area (Å²) in [5, 5.41) is 17.2. The predicted octanol–water partition coefficient (Wildman–Crippen LogP) is 4.18. The van der Waals surface area contributed by atoms with E-state index in [0.29, 0.717) is 47.4 Å². The first kappa shape index (κ1) is 21.6. The minimum atomic E-state index is -0.0110. The van der Waals surface area contributed by atoms with Gasteiger partial charge < -0.3 is 19.7 Å². The van der Waals surface area contributed by atoms with Crippen LogP contribution in [0.1, 0.15) is 30.7 Å². The molecule has 7 nitrogen and oxygen atoms in total. The van der Waals surface area contributed by atoms with E-state index < -0.39 is 0 Å². The summed E-state index contributed by atoms with van der Waals surface area (Å²) in [6.45, 7) is 0.627. The number of aryl methyl sites for hydroxylation is 1. The number of ether oxygens (including phenoxy) is 1. The SMILES string of the molecule is COc1cc(-c2noc(CCCCCNC(=O)Cc3cccc(Cl)c3)n2)ccc1O. The molecular weight excluding hydrogens is 406 g/mol. The largest absolute Gasteiger partial charge is 0.504 e. The van der Waals surface area contributed by atoms with Crippen molar-refractivity contribution < 1.29 is 19.2 Å². The van der Waals surface area contributed by atoms with Crippen LogP contribution in [-0.4, -0.2) is 34.8 Å². The zero-order valence-corrected chi connectivity index (χ0v) is 17.5. The number of carbonyl (C=O) groups is 1. The number of aromatic hydroxyl groups is 1. The molecule has 0 unspecified atom stereocenters. The molecule has 158 valence electrons. The second kappa shape index (κ2) is 10.6. The molecule has 3 aromatic rings. The molecule has 0 saturated carbocycles. The molecule has 0 fully saturated rings. The number of rotatable bonds is 10. The van der Waals surface area contributed by atoms with Crippen molar-refractivity contribution in [3.8, 4) is 22.9 Å². The second-order valence-electron chi connectivity index (χ2n) is 6.87. The number of amides is 1. The highest BCUT2D eigenvalue weighted by molar-refractivity contribution is 6.30. The molecule has 0 saturated heterocycles. The van der Waals surface area contributed by atoms with E-state index in [1.165, 1.54) is 13.2 Å². The molecule has 2 N–H and O–H groups in total. The quantitative estimate of drug-likeness (QED) is 0.469. The molecule has 3 rings (SSSR count). The number of unbranched alkanes of at least 4 members (excludes halogenated alkanes) is 2. The van der Waals surface area contributed by atoms with Gasteiger partial charge in [0.25, 0.3) is 0 Å². The molecule has 0 spiro atoms. The summed E-state index contributed by atoms with van der Waals surface area (Å²) in [4.78, 5) is 16.4. The van der Waals surface area contributed by atoms with Gasteiger partial charge in [-0.3, -0.25) is 4.79 Å². The summed E-state index contributed by atoms with van der Waals surface area (Å²) in [6.07, 6.45) is 3.68. The Hall–Kier alpha value is -3.06. The Bertz CT molecular complexity index is 990. The van der Waals surface area contributed by atoms with Crippen LogP contribution in [0.3, 0.4) is 0 Å². The average Bonchev–Trinajstić information content (AvgIpc) is 3.20. The smallest absolute Gasteiger partial charge is 0.226 e. The van der Waals surface area contributed by atoms with Gasteiger partial charge in [-0.15, -0.1) is 0 Å². The maximum absolute atomic E-state index is 12.0. The molecule has 2 aromatic carbocycles. The van der Waals surface area contributed by atoms with Gasteiger partial charge in [0.2, 0.25) is 17.6 Å². The molecule has 1 amide bonds. The van der Waals surface area contributed by atoms with Crippen LogP contribution in [0.4, 0.5) is 0 Å². The normalized spacial score (nSPS) is 10.7. The van der Waals surface area contributed by atoms with Crippen molar-refractivity contribution in [3.05, 3.63) is 58.9 Å². The molecule has 0 aliphatic heterocycles. The Morgan fingerprint density at radius 2 is 2.07 bits per heavy atom. The highest BCUT2D eigenvalue weighted by atomic mass is 35.5. The van der Waals surface area contributed by atoms with Crippen molar-refractivity contribution in [3.63, 3.8) is 0 Å². The third-order valence-electron chi connectivity index (χ3n) is 4.55. The second-order valence-corrected chi connectivity index (χ2v) is 7.30. The number of carbonyl (C=O) groups excluding carboxylic acids is 1. The number of aromatic nitrogens is 2. The molecular formula is C22H24ClN3O4. The van der Waals surface area contributed by atoms with Gasteiger partial charge >= 0.3 is 0 Å². The number of nitrogens with zero attached hydrogens (tertiary/aromatic N) is 2. The molecule has 1 aromatic heterocycles. The Morgan fingerprint density at radius 1 is 1.20 bits per heavy atom. The third kappa shape index (κ3) is 6.22. The fourth-order valence-corrected chi connectivity index (χ4v) is 3.20. The van der Waals surface area contributed by atoms with E-state index in [2.05, 4.69) is 15.5 Å². The maximum Gasteiger partial charge on any atom is 0.226 e. The monoisotopic (exact) mass is 429 g/mol. The Balaban J connectivity index is 1.36. The lowest BCUT2D eigenvalue weighted by atomic mass is 10.1. The maximum atomic E-state index is 12.0. The topological polar surface area (TPSA) is 97.5 Å². The number of hydrogen-bond donors (Lipinski definition) is 2. The number of nitrogens with one attached hydrogen (secondary N) is 1. The van der Waals surface area contributed by atoms with Crippen LogP contribution in [0.15, 0.2) is 47.0 Å². The highest BCUT2D eigenvalue weighted by Crippen LogP contribution is 2.30. The zero-order chi connectivity index (χ0) is 21.3. The van der Waals surface area contributed by atoms with Crippen molar-refractivity contribution in [2.45, 2.75) is 32.1 Å². The summed E-state index contributed by atoms with van der Waals surface area (Å²) in [7, 11) is 1.49. The fourth-order valence-electron chi connectivity index (χ4n) is 2.99. The van der Waals surface area contributed by atoms with Gasteiger partial charge in [-0.25, -0.2) is 0 Å². The summed E-state index contributed by atoms with van der Waals surface area (Å²) in [5.74, 6) is 1.42. The summed E-state index contributed by atoms with van der Waals surface area (Å²) >= 11 is 5.93. The molecule has 0 bridgehead atoms. The van der Waals surface area contributed by atoms with E-state index in [0.717, 1.165) is 24.8 Å². The number of benzene rings is 2. The van der Waals surface area contributed by atoms with Crippen molar-refractivity contribution in [1.82, 2.24) is 15.5 Å². The van der Waals surface area contributed by atoms with Crippen LogP contribution in [0.2, 0.25) is 5.02 Å². The molecule has 8 heteroatoms. The van der Waals surface area contributed by atoms with Crippen LogP contribution < -0.4 is 10.1 Å². The lowest BCUT2D eigenvalue weighted by Gasteiger charge is -2.05. The van der Waals surface area contributed by atoms with E-state index in [9.17, 15) is 9.90 Å². The molecule has 0 aliphatic rings. The average molecular weight is 430 g/mol. The van der Waals surface area contributed by atoms with E-state index in [-0.39, 0.29) is 11.7 Å². The van der Waals surface area contributed by atoms with E-state index in [1.807, 2.05) is 12.1 Å². The number of halogens is 1. The minimum absolute atomic E-state index is 0.0110. The lowest BCUT2D eigenvalue weighted by Crippen LogP contribution is -2.26. The Kier molecular flexibility index (Phi) is 7.68. The van der Waals surface area contributed by atoms with Crippen molar-refractivity contribution in [2.75, 3.05) is 13.7 Å². The van der Waals surface area contributed by atoms with Crippen LogP contribution >= 0.6 is 11.6 Å². The van der Waals surface area contributed by atoms with Crippen LogP contribution in [0.5, 0.6) is 11.5 Å². The van der Waals surface area contributed by atoms with Gasteiger partial charge in [-0.05, 0) is 48.7 Å². The predicted molar refractivity (Wildman–Crippen MR) is 114 cm³/mol. The Morgan fingerprint density at radius 3 is 2.87 bits per heavy atom. The summed E-state index contributed by atoms with van der Waals surface area (Å²) in [6, 6.07) is 12.2. The number of hydrogen-bond acceptors (Lipinski definition) is 6. The van der Waals surface area contributed by atoms with E-state index >= 15 is 0 Å². The van der Waals surface area contributed by atoms with Crippen molar-refractivity contribution in [1.29, 1.82) is 0 Å². The highest BCUT2D eigenvalue weighted by Gasteiger charge is 2.11. The van der Waals surface area contributed by atoms with E-state index in [1.54, 1.807) is 24.3 Å². The standard InChI is InChI=1S/C22H24ClN3O4/c1-29-19-14-16(9-10-18(19)27)22-25-21(30-26-22)8-3-2-4-11-24-20(28)13-15-6-5-7-17(23)12-15/h5-7,9-10,12,14,27H,2-4,8,11,13H2,1H3,(H,24,28). The van der Waals surface area contributed by atoms with Gasteiger partial charge in [0.15, 0.2) is 11.5 Å². The van der Waals surface area contributed by atoms with Gasteiger partial charge in [0.1, 0.15) is 0 Å². The number of phenolic OH excluding ortho intramolecular Hbond substituents is 1. The van der Waals surface area contributed by atoms with Gasteiger partial charge in [-0.1, -0.05) is 35.3 Å². The van der Waals surface area contributed by atoms with Crippen LogP contribution in [0, 0.1) is 0 Å². The number of methoxy groups -OCH3 is 1. The summed E-state index contributed by atoms with van der Waals surface area (Å²) in [5.41, 5.74) is 1.61. The molecule has 30 heavy (non-hydrogen) atoms. The molecule has 0 aliphatic carbocycles. The van der Waals surface area contributed by atoms with E-state index in [4.69, 9.17) is 20.9 Å². The molecule has 1 heterocycles. The Labute approximate surface area is 180 Å². The minimum Gasteiger partial charge on any atom is -0.504 e. The third-order valence-corrected chi connectivity index (χ3v) is 4.78. The van der Waals surface area contributed by atoms with Crippen LogP contribution in [0.25, 0.3) is 11.4 Å². The number of phenols is 1. The first-order valence-electron chi connectivity index (χ1n) is 9.76. The zero-order valence-electron chi connectivity index (χ0n) is 16.7. The fraction of sp³-hybridized carbons (Fsp3) is 0.318. The van der Waals surface area contributed by atoms with Gasteiger partial charge in [-0.2, -0.15) is 4.98 Å². The summed E-state index contributed by atoms with van der Waals surface area (Å²) < 4.78 is 10.4. The van der Waals surface area contributed by atoms with Crippen molar-refractivity contribution in [2.24, 2.45) is 0 Å².